The molecule has 1 aromatic rings. The van der Waals surface area contributed by atoms with Gasteiger partial charge in [0.15, 0.2) is 0 Å². The van der Waals surface area contributed by atoms with Crippen molar-refractivity contribution in [3.05, 3.63) is 35.9 Å². The molecule has 4 nitrogen and oxygen atoms in total. The van der Waals surface area contributed by atoms with Crippen molar-refractivity contribution >= 4 is 11.9 Å². The summed E-state index contributed by atoms with van der Waals surface area (Å²) in [5.74, 6) is -0.352. The molecule has 4 heteroatoms. The largest absolute Gasteiger partial charge is 0.480 e. The molecule has 1 amide bonds. The fourth-order valence-electron chi connectivity index (χ4n) is 3.46. The fourth-order valence-corrected chi connectivity index (χ4v) is 3.46. The van der Waals surface area contributed by atoms with Gasteiger partial charge in [0, 0.05) is 12.3 Å². The minimum Gasteiger partial charge on any atom is -0.480 e. The Morgan fingerprint density at radius 2 is 1.83 bits per heavy atom. The van der Waals surface area contributed by atoms with E-state index in [0.29, 0.717) is 6.42 Å². The summed E-state index contributed by atoms with van der Waals surface area (Å²) in [6, 6.07) is 8.58. The predicted molar refractivity (Wildman–Crippen MR) is 90.1 cm³/mol. The number of nitrogens with one attached hydrogen (secondary N) is 1. The van der Waals surface area contributed by atoms with Gasteiger partial charge in [0.2, 0.25) is 5.91 Å². The Morgan fingerprint density at radius 1 is 1.17 bits per heavy atom. The van der Waals surface area contributed by atoms with Crippen LogP contribution in [-0.4, -0.2) is 23.0 Å². The monoisotopic (exact) mass is 317 g/mol. The molecule has 0 heterocycles. The lowest BCUT2D eigenvalue weighted by molar-refractivity contribution is -0.142. The molecule has 1 aromatic carbocycles. The van der Waals surface area contributed by atoms with E-state index in [2.05, 4.69) is 12.2 Å². The molecule has 0 bridgehead atoms. The third-order valence-electron chi connectivity index (χ3n) is 4.81. The summed E-state index contributed by atoms with van der Waals surface area (Å²) < 4.78 is 0. The predicted octanol–water partition coefficient (Wildman–Crippen LogP) is 3.41. The molecule has 0 unspecified atom stereocenters. The van der Waals surface area contributed by atoms with Crippen LogP contribution in [0, 0.1) is 11.8 Å². The van der Waals surface area contributed by atoms with Crippen LogP contribution < -0.4 is 5.32 Å². The molecule has 1 atom stereocenters. The Kier molecular flexibility index (Phi) is 6.63. The van der Waals surface area contributed by atoms with E-state index in [-0.39, 0.29) is 11.8 Å². The summed E-state index contributed by atoms with van der Waals surface area (Å²) in [7, 11) is 0. The van der Waals surface area contributed by atoms with Gasteiger partial charge in [0.25, 0.3) is 0 Å². The van der Waals surface area contributed by atoms with Gasteiger partial charge in [-0.05, 0) is 37.2 Å². The molecular weight excluding hydrogens is 290 g/mol. The first-order valence-electron chi connectivity index (χ1n) is 8.67. The quantitative estimate of drug-likeness (QED) is 0.810. The number of benzene rings is 1. The third-order valence-corrected chi connectivity index (χ3v) is 4.81. The summed E-state index contributed by atoms with van der Waals surface area (Å²) in [5.41, 5.74) is 0.923. The van der Waals surface area contributed by atoms with Gasteiger partial charge in [-0.15, -0.1) is 0 Å². The standard InChI is InChI=1S/C19H27NO3/c1-2-6-14-9-11-16(12-10-14)18(21)20-17(19(22)23)13-15-7-4-3-5-8-15/h3-5,7-8,14,16-17H,2,6,9-13H2,1H3,(H,20,21)(H,22,23)/t14?,16?,17-/m1/s1. The highest BCUT2D eigenvalue weighted by Gasteiger charge is 2.29. The van der Waals surface area contributed by atoms with Gasteiger partial charge in [-0.25, -0.2) is 4.79 Å². The SMILES string of the molecule is CCCC1CCC(C(=O)N[C@H](Cc2ccccc2)C(=O)O)CC1. The number of amides is 1. The maximum atomic E-state index is 12.4. The van der Waals surface area contributed by atoms with Crippen LogP contribution in [-0.2, 0) is 16.0 Å². The van der Waals surface area contributed by atoms with Crippen LogP contribution in [0.25, 0.3) is 0 Å². The van der Waals surface area contributed by atoms with E-state index in [1.807, 2.05) is 30.3 Å². The van der Waals surface area contributed by atoms with Crippen LogP contribution >= 0.6 is 0 Å². The van der Waals surface area contributed by atoms with Gasteiger partial charge in [-0.2, -0.15) is 0 Å². The highest BCUT2D eigenvalue weighted by molar-refractivity contribution is 5.85. The normalized spacial score (nSPS) is 22.3. The van der Waals surface area contributed by atoms with E-state index < -0.39 is 12.0 Å². The zero-order chi connectivity index (χ0) is 16.7. The van der Waals surface area contributed by atoms with Crippen molar-refractivity contribution in [2.45, 2.75) is 57.9 Å². The average Bonchev–Trinajstić information content (AvgIpc) is 2.56. The molecule has 1 aliphatic rings. The van der Waals surface area contributed by atoms with E-state index in [1.165, 1.54) is 12.8 Å². The third kappa shape index (κ3) is 5.38. The summed E-state index contributed by atoms with van der Waals surface area (Å²) >= 11 is 0. The Bertz CT molecular complexity index is 507. The molecular formula is C19H27NO3. The van der Waals surface area contributed by atoms with Crippen LogP contribution in [0.2, 0.25) is 0 Å². The molecule has 0 radical (unpaired) electrons. The van der Waals surface area contributed by atoms with Gasteiger partial charge in [0.1, 0.15) is 6.04 Å². The van der Waals surface area contributed by atoms with Gasteiger partial charge >= 0.3 is 5.97 Å². The first kappa shape index (κ1) is 17.5. The minimum atomic E-state index is -0.970. The lowest BCUT2D eigenvalue weighted by Crippen LogP contribution is -2.45. The first-order chi connectivity index (χ1) is 11.1. The van der Waals surface area contributed by atoms with Crippen molar-refractivity contribution in [2.24, 2.45) is 11.8 Å². The first-order valence-corrected chi connectivity index (χ1v) is 8.67. The van der Waals surface area contributed by atoms with E-state index in [1.54, 1.807) is 0 Å². The zero-order valence-corrected chi connectivity index (χ0v) is 13.8. The molecule has 1 fully saturated rings. The summed E-state index contributed by atoms with van der Waals surface area (Å²) in [4.78, 5) is 23.8. The van der Waals surface area contributed by atoms with Crippen molar-refractivity contribution in [3.8, 4) is 0 Å². The topological polar surface area (TPSA) is 66.4 Å². The molecule has 1 aliphatic carbocycles. The summed E-state index contributed by atoms with van der Waals surface area (Å²) in [5, 5.41) is 12.1. The van der Waals surface area contributed by atoms with Crippen molar-refractivity contribution in [1.29, 1.82) is 0 Å². The van der Waals surface area contributed by atoms with Crippen molar-refractivity contribution in [3.63, 3.8) is 0 Å². The van der Waals surface area contributed by atoms with Gasteiger partial charge in [-0.1, -0.05) is 50.1 Å². The van der Waals surface area contributed by atoms with E-state index in [0.717, 1.165) is 37.2 Å². The van der Waals surface area contributed by atoms with Crippen LogP contribution in [0.15, 0.2) is 30.3 Å². The lowest BCUT2D eigenvalue weighted by Gasteiger charge is -2.28. The van der Waals surface area contributed by atoms with Crippen LogP contribution in [0.1, 0.15) is 51.0 Å². The lowest BCUT2D eigenvalue weighted by atomic mass is 9.79. The molecule has 0 aromatic heterocycles. The van der Waals surface area contributed by atoms with Crippen molar-refractivity contribution in [1.82, 2.24) is 5.32 Å². The van der Waals surface area contributed by atoms with Gasteiger partial charge in [0.05, 0.1) is 0 Å². The minimum absolute atomic E-state index is 0.0271. The second kappa shape index (κ2) is 8.70. The van der Waals surface area contributed by atoms with Crippen LogP contribution in [0.4, 0.5) is 0 Å². The van der Waals surface area contributed by atoms with Crippen molar-refractivity contribution < 1.29 is 14.7 Å². The maximum Gasteiger partial charge on any atom is 0.326 e. The number of carbonyl (C=O) groups is 2. The van der Waals surface area contributed by atoms with E-state index in [4.69, 9.17) is 0 Å². The number of carbonyl (C=O) groups excluding carboxylic acids is 1. The smallest absolute Gasteiger partial charge is 0.326 e. The van der Waals surface area contributed by atoms with E-state index in [9.17, 15) is 14.7 Å². The van der Waals surface area contributed by atoms with Gasteiger partial charge < -0.3 is 10.4 Å². The zero-order valence-electron chi connectivity index (χ0n) is 13.8. The maximum absolute atomic E-state index is 12.4. The Hall–Kier alpha value is -1.84. The Labute approximate surface area is 138 Å². The molecule has 2 N–H and O–H groups in total. The number of hydrogen-bond donors (Lipinski definition) is 2. The number of aliphatic carboxylic acids is 1. The molecule has 1 saturated carbocycles. The fraction of sp³-hybridized carbons (Fsp3) is 0.579. The second-order valence-corrected chi connectivity index (χ2v) is 6.60. The number of hydrogen-bond acceptors (Lipinski definition) is 2. The summed E-state index contributed by atoms with van der Waals surface area (Å²) in [6.45, 7) is 2.19. The van der Waals surface area contributed by atoms with Crippen LogP contribution in [0.5, 0.6) is 0 Å². The van der Waals surface area contributed by atoms with Gasteiger partial charge in [-0.3, -0.25) is 4.79 Å². The highest BCUT2D eigenvalue weighted by atomic mass is 16.4. The second-order valence-electron chi connectivity index (χ2n) is 6.60. The number of carboxylic acids is 1. The molecule has 0 aliphatic heterocycles. The van der Waals surface area contributed by atoms with Crippen molar-refractivity contribution in [2.75, 3.05) is 0 Å². The number of carboxylic acid groups (broad SMARTS) is 1. The molecule has 2 rings (SSSR count). The average molecular weight is 317 g/mol. The molecule has 0 saturated heterocycles. The number of rotatable bonds is 7. The molecule has 126 valence electrons. The Morgan fingerprint density at radius 3 is 2.39 bits per heavy atom. The Balaban J connectivity index is 1.87. The molecule has 23 heavy (non-hydrogen) atoms. The molecule has 0 spiro atoms. The van der Waals surface area contributed by atoms with Crippen LogP contribution in [0.3, 0.4) is 0 Å². The van der Waals surface area contributed by atoms with E-state index >= 15 is 0 Å². The summed E-state index contributed by atoms with van der Waals surface area (Å²) in [6.07, 6.45) is 6.69. The highest BCUT2D eigenvalue weighted by Crippen LogP contribution is 2.31.